The van der Waals surface area contributed by atoms with Crippen molar-refractivity contribution in [1.29, 1.82) is 0 Å². The van der Waals surface area contributed by atoms with E-state index in [1.165, 1.54) is 6.08 Å². The number of hydrogen-bond acceptors (Lipinski definition) is 3. The molecule has 0 bridgehead atoms. The standard InChI is InChI=1S/C8H8O3S.Li/c9-12(10,11)7-6-8-4-2-1-3-5-8;/h1-7H,(H,9,10,11);/q;+1/p-1/b7-6+;. The van der Waals surface area contributed by atoms with Crippen molar-refractivity contribution in [2.24, 2.45) is 0 Å². The molecule has 0 saturated heterocycles. The van der Waals surface area contributed by atoms with E-state index in [4.69, 9.17) is 0 Å². The molecule has 0 saturated carbocycles. The van der Waals surface area contributed by atoms with Gasteiger partial charge in [0.05, 0.1) is 0 Å². The first kappa shape index (κ1) is 12.5. The van der Waals surface area contributed by atoms with Crippen LogP contribution in [-0.4, -0.2) is 13.0 Å². The molecule has 0 unspecified atom stereocenters. The van der Waals surface area contributed by atoms with Crippen LogP contribution in [0.5, 0.6) is 0 Å². The fourth-order valence-electron chi connectivity index (χ4n) is 0.726. The quantitative estimate of drug-likeness (QED) is 0.408. The van der Waals surface area contributed by atoms with Crippen LogP contribution in [0.15, 0.2) is 35.7 Å². The van der Waals surface area contributed by atoms with Crippen molar-refractivity contribution < 1.29 is 31.8 Å². The third kappa shape index (κ3) is 5.67. The Morgan fingerprint density at radius 3 is 2.15 bits per heavy atom. The smallest absolute Gasteiger partial charge is 0.744 e. The monoisotopic (exact) mass is 190 g/mol. The average molecular weight is 190 g/mol. The van der Waals surface area contributed by atoms with Gasteiger partial charge in [0.25, 0.3) is 0 Å². The molecular weight excluding hydrogens is 183 g/mol. The third-order valence-electron chi connectivity index (χ3n) is 1.23. The van der Waals surface area contributed by atoms with Crippen LogP contribution >= 0.6 is 0 Å². The molecule has 0 aliphatic rings. The maximum Gasteiger partial charge on any atom is 1.00 e. The van der Waals surface area contributed by atoms with Gasteiger partial charge in [0, 0.05) is 5.41 Å². The van der Waals surface area contributed by atoms with Crippen LogP contribution in [0.2, 0.25) is 0 Å². The van der Waals surface area contributed by atoms with Crippen molar-refractivity contribution in [3.05, 3.63) is 41.3 Å². The minimum Gasteiger partial charge on any atom is -0.744 e. The van der Waals surface area contributed by atoms with Crippen molar-refractivity contribution in [2.45, 2.75) is 0 Å². The summed E-state index contributed by atoms with van der Waals surface area (Å²) >= 11 is 0. The fourth-order valence-corrected chi connectivity index (χ4v) is 1.05. The van der Waals surface area contributed by atoms with Gasteiger partial charge < -0.3 is 4.55 Å². The van der Waals surface area contributed by atoms with Gasteiger partial charge in [0.1, 0.15) is 10.1 Å². The van der Waals surface area contributed by atoms with Gasteiger partial charge in [0.15, 0.2) is 0 Å². The van der Waals surface area contributed by atoms with E-state index in [0.29, 0.717) is 11.0 Å². The summed E-state index contributed by atoms with van der Waals surface area (Å²) in [6.45, 7) is 0. The molecule has 1 aromatic rings. The van der Waals surface area contributed by atoms with Crippen LogP contribution in [0, 0.1) is 0 Å². The minimum absolute atomic E-state index is 0. The van der Waals surface area contributed by atoms with Gasteiger partial charge in [-0.1, -0.05) is 30.3 Å². The Hall–Kier alpha value is -0.533. The molecule has 3 nitrogen and oxygen atoms in total. The summed E-state index contributed by atoms with van der Waals surface area (Å²) in [5.74, 6) is 0. The van der Waals surface area contributed by atoms with Crippen LogP contribution in [-0.2, 0) is 10.1 Å². The van der Waals surface area contributed by atoms with Crippen molar-refractivity contribution >= 4 is 16.2 Å². The number of benzene rings is 1. The third-order valence-corrected chi connectivity index (χ3v) is 1.70. The van der Waals surface area contributed by atoms with Crippen LogP contribution in [0.3, 0.4) is 0 Å². The summed E-state index contributed by atoms with van der Waals surface area (Å²) in [5.41, 5.74) is 0.692. The largest absolute Gasteiger partial charge is 1.00 e. The normalized spacial score (nSPS) is 11.2. The van der Waals surface area contributed by atoms with Gasteiger partial charge in [-0.15, -0.1) is 0 Å². The minimum atomic E-state index is -4.25. The Morgan fingerprint density at radius 1 is 1.15 bits per heavy atom. The molecule has 0 aliphatic carbocycles. The van der Waals surface area contributed by atoms with Crippen molar-refractivity contribution in [2.75, 3.05) is 0 Å². The van der Waals surface area contributed by atoms with Gasteiger partial charge in [0.2, 0.25) is 0 Å². The Kier molecular flexibility index (Phi) is 5.04. The van der Waals surface area contributed by atoms with Crippen LogP contribution in [0.25, 0.3) is 6.08 Å². The molecule has 13 heavy (non-hydrogen) atoms. The first-order valence-corrected chi connectivity index (χ1v) is 4.74. The molecule has 0 aromatic heterocycles. The molecule has 1 rings (SSSR count). The summed E-state index contributed by atoms with van der Waals surface area (Å²) in [7, 11) is -4.25. The molecule has 0 fully saturated rings. The van der Waals surface area contributed by atoms with Gasteiger partial charge in [-0.25, -0.2) is 8.42 Å². The van der Waals surface area contributed by atoms with Gasteiger partial charge in [-0.2, -0.15) is 0 Å². The molecule has 0 atom stereocenters. The maximum absolute atomic E-state index is 10.2. The topological polar surface area (TPSA) is 57.2 Å². The Morgan fingerprint density at radius 2 is 1.69 bits per heavy atom. The average Bonchev–Trinajstić information content (AvgIpc) is 2.02. The maximum atomic E-state index is 10.2. The van der Waals surface area contributed by atoms with E-state index in [0.717, 1.165) is 0 Å². The number of hydrogen-bond donors (Lipinski definition) is 0. The molecule has 64 valence electrons. The molecule has 0 spiro atoms. The van der Waals surface area contributed by atoms with Gasteiger partial charge >= 0.3 is 18.9 Å². The Labute approximate surface area is 89.4 Å². The van der Waals surface area contributed by atoms with E-state index >= 15 is 0 Å². The molecule has 0 amide bonds. The fraction of sp³-hybridized carbons (Fsp3) is 0. The van der Waals surface area contributed by atoms with Gasteiger partial charge in [-0.05, 0) is 11.6 Å². The van der Waals surface area contributed by atoms with Crippen molar-refractivity contribution in [3.8, 4) is 0 Å². The zero-order valence-electron chi connectivity index (χ0n) is 7.17. The van der Waals surface area contributed by atoms with Crippen molar-refractivity contribution in [1.82, 2.24) is 0 Å². The summed E-state index contributed by atoms with van der Waals surface area (Å²) in [5, 5.41) is 0.641. The summed E-state index contributed by atoms with van der Waals surface area (Å²) < 4.78 is 30.5. The Bertz CT molecular complexity index is 370. The Balaban J connectivity index is 0.00000144. The molecule has 0 aliphatic heterocycles. The van der Waals surface area contributed by atoms with E-state index < -0.39 is 10.1 Å². The van der Waals surface area contributed by atoms with E-state index in [-0.39, 0.29) is 18.9 Å². The van der Waals surface area contributed by atoms with E-state index in [9.17, 15) is 13.0 Å². The molecule has 1 aromatic carbocycles. The summed E-state index contributed by atoms with van der Waals surface area (Å²) in [6, 6.07) is 8.75. The molecule has 0 heterocycles. The first-order chi connectivity index (χ1) is 5.58. The molecule has 0 radical (unpaired) electrons. The zero-order valence-corrected chi connectivity index (χ0v) is 7.99. The van der Waals surface area contributed by atoms with E-state index in [1.54, 1.807) is 24.3 Å². The summed E-state index contributed by atoms with van der Waals surface area (Å²) in [6.07, 6.45) is 1.27. The predicted molar refractivity (Wildman–Crippen MR) is 45.2 cm³/mol. The van der Waals surface area contributed by atoms with Crippen LogP contribution in [0.4, 0.5) is 0 Å². The summed E-state index contributed by atoms with van der Waals surface area (Å²) in [4.78, 5) is 0. The molecular formula is C8H7LiO3S. The second-order valence-corrected chi connectivity index (χ2v) is 3.46. The first-order valence-electron chi connectivity index (χ1n) is 3.27. The molecule has 0 N–H and O–H groups in total. The zero-order chi connectivity index (χ0) is 9.03. The second kappa shape index (κ2) is 5.25. The number of rotatable bonds is 2. The van der Waals surface area contributed by atoms with Gasteiger partial charge in [-0.3, -0.25) is 0 Å². The second-order valence-electron chi connectivity index (χ2n) is 2.21. The molecule has 5 heteroatoms. The SMILES string of the molecule is O=S(=O)([O-])/C=C/c1ccccc1.[Li+]. The van der Waals surface area contributed by atoms with E-state index in [1.807, 2.05) is 6.07 Å². The van der Waals surface area contributed by atoms with Crippen LogP contribution in [0.1, 0.15) is 5.56 Å². The van der Waals surface area contributed by atoms with Crippen LogP contribution < -0.4 is 18.9 Å². The van der Waals surface area contributed by atoms with E-state index in [2.05, 4.69) is 0 Å². The predicted octanol–water partition coefficient (Wildman–Crippen LogP) is -1.79. The van der Waals surface area contributed by atoms with Crippen molar-refractivity contribution in [3.63, 3.8) is 0 Å².